The van der Waals surface area contributed by atoms with E-state index in [0.29, 0.717) is 5.13 Å². The van der Waals surface area contributed by atoms with E-state index in [-0.39, 0.29) is 22.8 Å². The van der Waals surface area contributed by atoms with E-state index >= 15 is 0 Å². The summed E-state index contributed by atoms with van der Waals surface area (Å²) in [5, 5.41) is 19.0. The van der Waals surface area contributed by atoms with Crippen molar-refractivity contribution < 1.29 is 18.3 Å². The van der Waals surface area contributed by atoms with Crippen LogP contribution in [-0.4, -0.2) is 45.5 Å². The molecule has 11 heteroatoms. The van der Waals surface area contributed by atoms with Crippen LogP contribution in [0.25, 0.3) is 5.76 Å². The van der Waals surface area contributed by atoms with Gasteiger partial charge in [-0.05, 0) is 5.56 Å². The fourth-order valence-electron chi connectivity index (χ4n) is 2.90. The second kappa shape index (κ2) is 6.77. The molecule has 0 bridgehead atoms. The minimum Gasteiger partial charge on any atom is -0.505 e. The smallest absolute Gasteiger partial charge is 0.282 e. The maximum absolute atomic E-state index is 13.1. The molecule has 1 aromatic carbocycles. The van der Waals surface area contributed by atoms with E-state index in [1.165, 1.54) is 35.5 Å². The molecule has 0 fully saturated rings. The Morgan fingerprint density at radius 3 is 2.71 bits per heavy atom. The largest absolute Gasteiger partial charge is 0.505 e. The third-order valence-electron chi connectivity index (χ3n) is 4.23. The lowest BCUT2D eigenvalue weighted by Crippen LogP contribution is -2.38. The molecule has 0 spiro atoms. The highest BCUT2D eigenvalue weighted by Crippen LogP contribution is 2.35. The van der Waals surface area contributed by atoms with E-state index in [1.54, 1.807) is 5.38 Å². The van der Waals surface area contributed by atoms with Gasteiger partial charge in [-0.2, -0.15) is 13.5 Å². The highest BCUT2D eigenvalue weighted by molar-refractivity contribution is 7.89. The number of hydrogen-bond donors (Lipinski definition) is 2. The van der Waals surface area contributed by atoms with Crippen molar-refractivity contribution in [1.82, 2.24) is 19.1 Å². The number of thiazole rings is 1. The number of fused-ring (bicyclic) bond motifs is 1. The average molecular weight is 417 g/mol. The summed E-state index contributed by atoms with van der Waals surface area (Å²) in [6, 6.07) is 9.22. The number of carbonyl (C=O) groups excluding carboxylic acids is 1. The molecule has 0 saturated carbocycles. The summed E-state index contributed by atoms with van der Waals surface area (Å²) in [7, 11) is -2.88. The maximum atomic E-state index is 13.1. The number of aromatic nitrogens is 3. The standard InChI is InChI=1S/C17H15N5O4S2/c1-21-13(15(24)20-17-18-7-8-27-17)14(23)12-9-19-22(16(12)28(21,25)26)10-11-5-3-2-4-6-11/h2-9,23H,10H2,1H3,(H,18,20,24). The zero-order valence-electron chi connectivity index (χ0n) is 14.6. The second-order valence-electron chi connectivity index (χ2n) is 5.97. The van der Waals surface area contributed by atoms with E-state index in [9.17, 15) is 18.3 Å². The molecule has 9 nitrogen and oxygen atoms in total. The lowest BCUT2D eigenvalue weighted by Gasteiger charge is -2.27. The third-order valence-corrected chi connectivity index (χ3v) is 6.74. The normalized spacial score (nSPS) is 15.4. The summed E-state index contributed by atoms with van der Waals surface area (Å²) in [4.78, 5) is 16.5. The fourth-order valence-corrected chi connectivity index (χ4v) is 4.89. The number of aliphatic hydroxyl groups is 1. The van der Waals surface area contributed by atoms with Crippen molar-refractivity contribution in [2.45, 2.75) is 11.6 Å². The molecule has 2 N–H and O–H groups in total. The van der Waals surface area contributed by atoms with Crippen molar-refractivity contribution in [2.75, 3.05) is 12.4 Å². The molecule has 144 valence electrons. The SMILES string of the molecule is CN1C(C(=O)Nc2nccs2)=C(O)c2cnn(Cc3ccccc3)c2S1(=O)=O. The first kappa shape index (κ1) is 18.2. The molecule has 3 aromatic rings. The minimum atomic E-state index is -4.10. The van der Waals surface area contributed by atoms with Gasteiger partial charge in [-0.25, -0.2) is 9.67 Å². The Hall–Kier alpha value is -3.18. The lowest BCUT2D eigenvalue weighted by atomic mass is 10.2. The molecule has 2 aromatic heterocycles. The molecule has 4 rings (SSSR count). The van der Waals surface area contributed by atoms with E-state index in [2.05, 4.69) is 15.4 Å². The Bertz CT molecular complexity index is 1170. The van der Waals surface area contributed by atoms with E-state index in [1.807, 2.05) is 30.3 Å². The number of carbonyl (C=O) groups is 1. The van der Waals surface area contributed by atoms with Crippen LogP contribution in [0.15, 0.2) is 58.8 Å². The fraction of sp³-hybridized carbons (Fsp3) is 0.118. The molecule has 0 saturated heterocycles. The van der Waals surface area contributed by atoms with Crippen LogP contribution in [0.1, 0.15) is 11.1 Å². The summed E-state index contributed by atoms with van der Waals surface area (Å²) < 4.78 is 28.2. The Labute approximate surface area is 164 Å². The predicted octanol–water partition coefficient (Wildman–Crippen LogP) is 1.89. The van der Waals surface area contributed by atoms with Crippen LogP contribution in [0.4, 0.5) is 5.13 Å². The van der Waals surface area contributed by atoms with Gasteiger partial charge in [0.1, 0.15) is 0 Å². The summed E-state index contributed by atoms with van der Waals surface area (Å²) >= 11 is 1.18. The molecule has 0 radical (unpaired) electrons. The second-order valence-corrected chi connectivity index (χ2v) is 8.75. The monoisotopic (exact) mass is 417 g/mol. The first-order valence-corrected chi connectivity index (χ1v) is 10.4. The number of benzene rings is 1. The summed E-state index contributed by atoms with van der Waals surface area (Å²) in [6.45, 7) is 0.206. The van der Waals surface area contributed by atoms with E-state index in [4.69, 9.17) is 0 Å². The van der Waals surface area contributed by atoms with Crippen molar-refractivity contribution in [2.24, 2.45) is 0 Å². The van der Waals surface area contributed by atoms with Crippen LogP contribution in [-0.2, 0) is 21.4 Å². The van der Waals surface area contributed by atoms with Crippen LogP contribution >= 0.6 is 11.3 Å². The zero-order chi connectivity index (χ0) is 19.9. The van der Waals surface area contributed by atoms with Gasteiger partial charge in [0, 0.05) is 18.6 Å². The molecule has 1 aliphatic heterocycles. The maximum Gasteiger partial charge on any atom is 0.282 e. The highest BCUT2D eigenvalue weighted by atomic mass is 32.2. The molecule has 0 atom stereocenters. The molecule has 0 unspecified atom stereocenters. The van der Waals surface area contributed by atoms with Crippen LogP contribution in [0.3, 0.4) is 0 Å². The Kier molecular flexibility index (Phi) is 4.40. The van der Waals surface area contributed by atoms with Gasteiger partial charge in [0.15, 0.2) is 21.6 Å². The molecule has 1 amide bonds. The predicted molar refractivity (Wildman–Crippen MR) is 103 cm³/mol. The molecule has 3 heterocycles. The van der Waals surface area contributed by atoms with Gasteiger partial charge < -0.3 is 5.11 Å². The molecular formula is C17H15N5O4S2. The summed E-state index contributed by atoms with van der Waals surface area (Å²) in [5.41, 5.74) is 0.447. The van der Waals surface area contributed by atoms with Gasteiger partial charge in [0.05, 0.1) is 18.3 Å². The number of likely N-dealkylation sites (N-methyl/N-ethyl adjacent to an activating group) is 1. The Morgan fingerprint density at radius 2 is 2.04 bits per heavy atom. The number of amides is 1. The topological polar surface area (TPSA) is 117 Å². The Balaban J connectivity index is 1.77. The van der Waals surface area contributed by atoms with Crippen molar-refractivity contribution in [1.29, 1.82) is 0 Å². The third kappa shape index (κ3) is 2.94. The summed E-state index contributed by atoms with van der Waals surface area (Å²) in [6.07, 6.45) is 2.75. The molecule has 1 aliphatic rings. The Morgan fingerprint density at radius 1 is 1.29 bits per heavy atom. The van der Waals surface area contributed by atoms with Gasteiger partial charge in [0.2, 0.25) is 0 Å². The van der Waals surface area contributed by atoms with Crippen LogP contribution in [0.5, 0.6) is 0 Å². The molecular weight excluding hydrogens is 402 g/mol. The molecule has 28 heavy (non-hydrogen) atoms. The molecule has 0 aliphatic carbocycles. The van der Waals surface area contributed by atoms with Gasteiger partial charge in [0.25, 0.3) is 15.9 Å². The number of anilines is 1. The van der Waals surface area contributed by atoms with Crippen LogP contribution in [0, 0.1) is 0 Å². The van der Waals surface area contributed by atoms with E-state index < -0.39 is 21.7 Å². The quantitative estimate of drug-likeness (QED) is 0.669. The summed E-state index contributed by atoms with van der Waals surface area (Å²) in [5.74, 6) is -1.24. The van der Waals surface area contributed by atoms with Gasteiger partial charge in [-0.1, -0.05) is 30.3 Å². The van der Waals surface area contributed by atoms with Gasteiger partial charge >= 0.3 is 0 Å². The number of aliphatic hydroxyl groups excluding tert-OH is 1. The van der Waals surface area contributed by atoms with Gasteiger partial charge in [-0.3, -0.25) is 14.4 Å². The van der Waals surface area contributed by atoms with Crippen LogP contribution < -0.4 is 5.32 Å². The van der Waals surface area contributed by atoms with Crippen molar-refractivity contribution in [3.8, 4) is 0 Å². The average Bonchev–Trinajstić information content (AvgIpc) is 3.32. The number of rotatable bonds is 4. The van der Waals surface area contributed by atoms with Gasteiger partial charge in [-0.15, -0.1) is 11.3 Å². The zero-order valence-corrected chi connectivity index (χ0v) is 16.2. The number of nitrogens with one attached hydrogen (secondary N) is 1. The number of sulfonamides is 1. The van der Waals surface area contributed by atoms with Crippen molar-refractivity contribution in [3.63, 3.8) is 0 Å². The van der Waals surface area contributed by atoms with Crippen molar-refractivity contribution in [3.05, 3.63) is 64.9 Å². The lowest BCUT2D eigenvalue weighted by molar-refractivity contribution is -0.113. The van der Waals surface area contributed by atoms with Crippen LogP contribution in [0.2, 0.25) is 0 Å². The highest BCUT2D eigenvalue weighted by Gasteiger charge is 2.41. The first-order chi connectivity index (χ1) is 13.4. The van der Waals surface area contributed by atoms with E-state index in [0.717, 1.165) is 9.87 Å². The number of nitrogens with zero attached hydrogens (tertiary/aromatic N) is 4. The first-order valence-electron chi connectivity index (χ1n) is 8.12. The number of hydrogen-bond acceptors (Lipinski definition) is 7. The van der Waals surface area contributed by atoms with Crippen molar-refractivity contribution >= 4 is 38.2 Å². The minimum absolute atomic E-state index is 0.0154.